The maximum Gasteiger partial charge on any atom is 0.433 e. The van der Waals surface area contributed by atoms with Crippen LogP contribution in [-0.4, -0.2) is 27.8 Å². The molecule has 5 rings (SSSR count). The number of nitrogens with one attached hydrogen (secondary N) is 1. The van der Waals surface area contributed by atoms with Gasteiger partial charge in [0.2, 0.25) is 0 Å². The zero-order chi connectivity index (χ0) is 30.8. The molecule has 2 heterocycles. The number of aliphatic imine (C=N–C) groups is 1. The van der Waals surface area contributed by atoms with Crippen molar-refractivity contribution in [2.24, 2.45) is 22.4 Å². The van der Waals surface area contributed by atoms with E-state index in [0.717, 1.165) is 30.9 Å². The van der Waals surface area contributed by atoms with E-state index in [4.69, 9.17) is 17.2 Å². The number of nitrogen functional groups attached to an aromatic ring is 1. The standard InChI is InChI=1S/C31H29F4N7O/c32-24-6-4-21(30(38,11-7-18-1-2-18)20-9-12-39-13-10-20)15-26(24)42-29(43)25(36)17-27(31(33,34)35)41-22-5-3-19-8-14-40-28(37)23(19)16-22/h3-6,8-10,12-18H,1-2,7,11,36,38H2,(H2,37,40)(H,42,43). The third-order valence-corrected chi connectivity index (χ3v) is 7.44. The predicted octanol–water partition coefficient (Wildman–Crippen LogP) is 5.86. The number of fused-ring (bicyclic) bond motifs is 1. The molecule has 222 valence electrons. The van der Waals surface area contributed by atoms with E-state index in [1.165, 1.54) is 30.5 Å². The molecule has 1 saturated carbocycles. The lowest BCUT2D eigenvalue weighted by Crippen LogP contribution is -2.38. The van der Waals surface area contributed by atoms with Gasteiger partial charge < -0.3 is 22.5 Å². The smallest absolute Gasteiger partial charge is 0.394 e. The Hall–Kier alpha value is -4.84. The molecule has 1 unspecified atom stereocenters. The van der Waals surface area contributed by atoms with Gasteiger partial charge in [-0.3, -0.25) is 9.78 Å². The molecule has 0 radical (unpaired) electrons. The average Bonchev–Trinajstić information content (AvgIpc) is 3.82. The van der Waals surface area contributed by atoms with Crippen LogP contribution in [-0.2, 0) is 10.3 Å². The average molecular weight is 592 g/mol. The van der Waals surface area contributed by atoms with Gasteiger partial charge in [0.1, 0.15) is 17.3 Å². The summed E-state index contributed by atoms with van der Waals surface area (Å²) in [6, 6.07) is 13.5. The van der Waals surface area contributed by atoms with Crippen LogP contribution in [0.5, 0.6) is 0 Å². The first-order valence-electron chi connectivity index (χ1n) is 13.5. The number of hydrogen-bond donors (Lipinski definition) is 4. The Morgan fingerprint density at radius 2 is 1.77 bits per heavy atom. The first kappa shape index (κ1) is 29.6. The van der Waals surface area contributed by atoms with E-state index in [1.54, 1.807) is 36.7 Å². The fourth-order valence-electron chi connectivity index (χ4n) is 4.81. The Bertz CT molecular complexity index is 1720. The molecule has 1 amide bonds. The summed E-state index contributed by atoms with van der Waals surface area (Å²) in [5.41, 5.74) is 16.1. The third kappa shape index (κ3) is 6.81. The zero-order valence-electron chi connectivity index (χ0n) is 22.9. The maximum atomic E-state index is 14.9. The Labute approximate surface area is 244 Å². The minimum absolute atomic E-state index is 0.0793. The molecule has 4 aromatic rings. The molecule has 2 aromatic heterocycles. The largest absolute Gasteiger partial charge is 0.433 e. The van der Waals surface area contributed by atoms with Crippen LogP contribution in [0.1, 0.15) is 36.8 Å². The number of nitrogens with two attached hydrogens (primary N) is 3. The highest BCUT2D eigenvalue weighted by Gasteiger charge is 2.36. The number of carbonyl (C=O) groups is 1. The number of anilines is 2. The molecular formula is C31H29F4N7O. The molecule has 8 nitrogen and oxygen atoms in total. The number of amides is 1. The highest BCUT2D eigenvalue weighted by Crippen LogP contribution is 2.40. The number of pyridine rings is 2. The molecule has 2 aromatic carbocycles. The SMILES string of the molecule is NC(=CC(=Nc1ccc2ccnc(N)c2c1)C(F)(F)F)C(=O)Nc1cc(C(N)(CCC2CC2)c2ccncc2)ccc1F. The van der Waals surface area contributed by atoms with Gasteiger partial charge in [-0.05, 0) is 83.8 Å². The molecule has 12 heteroatoms. The van der Waals surface area contributed by atoms with Crippen molar-refractivity contribution < 1.29 is 22.4 Å². The number of carbonyl (C=O) groups excluding carboxylic acids is 1. The summed E-state index contributed by atoms with van der Waals surface area (Å²) in [5, 5.41) is 3.36. The summed E-state index contributed by atoms with van der Waals surface area (Å²) in [6.45, 7) is 0. The van der Waals surface area contributed by atoms with E-state index < -0.39 is 34.8 Å². The molecule has 0 spiro atoms. The van der Waals surface area contributed by atoms with E-state index in [9.17, 15) is 22.4 Å². The van der Waals surface area contributed by atoms with Crippen LogP contribution in [0.2, 0.25) is 0 Å². The van der Waals surface area contributed by atoms with Crippen molar-refractivity contribution in [3.05, 3.63) is 102 Å². The Kier molecular flexibility index (Phi) is 8.14. The minimum atomic E-state index is -4.96. The van der Waals surface area contributed by atoms with Crippen molar-refractivity contribution in [1.29, 1.82) is 0 Å². The van der Waals surface area contributed by atoms with Gasteiger partial charge in [-0.2, -0.15) is 13.2 Å². The number of benzene rings is 2. The first-order valence-corrected chi connectivity index (χ1v) is 13.5. The number of hydrogen-bond acceptors (Lipinski definition) is 7. The lowest BCUT2D eigenvalue weighted by Gasteiger charge is -2.31. The zero-order valence-corrected chi connectivity index (χ0v) is 22.9. The molecule has 1 aliphatic rings. The molecule has 7 N–H and O–H groups in total. The molecule has 0 aliphatic heterocycles. The van der Waals surface area contributed by atoms with Crippen LogP contribution < -0.4 is 22.5 Å². The minimum Gasteiger partial charge on any atom is -0.394 e. The van der Waals surface area contributed by atoms with Gasteiger partial charge in [-0.15, -0.1) is 0 Å². The van der Waals surface area contributed by atoms with Gasteiger partial charge in [0.05, 0.1) is 22.6 Å². The van der Waals surface area contributed by atoms with Gasteiger partial charge in [0.15, 0.2) is 0 Å². The molecule has 1 atom stereocenters. The number of allylic oxidation sites excluding steroid dienone is 1. The highest BCUT2D eigenvalue weighted by molar-refractivity contribution is 6.11. The summed E-state index contributed by atoms with van der Waals surface area (Å²) < 4.78 is 56.6. The summed E-state index contributed by atoms with van der Waals surface area (Å²) in [5.74, 6) is -1.26. The predicted molar refractivity (Wildman–Crippen MR) is 158 cm³/mol. The number of rotatable bonds is 9. The van der Waals surface area contributed by atoms with Crippen molar-refractivity contribution in [3.8, 4) is 0 Å². The van der Waals surface area contributed by atoms with Gasteiger partial charge in [-0.25, -0.2) is 14.4 Å². The van der Waals surface area contributed by atoms with E-state index in [1.807, 2.05) is 0 Å². The second-order valence-electron chi connectivity index (χ2n) is 10.5. The van der Waals surface area contributed by atoms with Crippen molar-refractivity contribution in [2.45, 2.75) is 37.4 Å². The van der Waals surface area contributed by atoms with Gasteiger partial charge in [0, 0.05) is 24.0 Å². The number of aromatic nitrogens is 2. The quantitative estimate of drug-likeness (QED) is 0.109. The van der Waals surface area contributed by atoms with Crippen molar-refractivity contribution in [1.82, 2.24) is 9.97 Å². The molecule has 43 heavy (non-hydrogen) atoms. The Morgan fingerprint density at radius 1 is 1.02 bits per heavy atom. The first-order chi connectivity index (χ1) is 20.4. The number of halogens is 4. The maximum absolute atomic E-state index is 14.9. The van der Waals surface area contributed by atoms with E-state index in [2.05, 4.69) is 20.3 Å². The summed E-state index contributed by atoms with van der Waals surface area (Å²) in [4.78, 5) is 24.5. The highest BCUT2D eigenvalue weighted by atomic mass is 19.4. The summed E-state index contributed by atoms with van der Waals surface area (Å²) >= 11 is 0. The van der Waals surface area contributed by atoms with Crippen LogP contribution in [0.3, 0.4) is 0 Å². The molecule has 0 saturated heterocycles. The fourth-order valence-corrected chi connectivity index (χ4v) is 4.81. The van der Waals surface area contributed by atoms with Crippen LogP contribution in [0.15, 0.2) is 90.0 Å². The van der Waals surface area contributed by atoms with Gasteiger partial charge in [0.25, 0.3) is 5.91 Å². The van der Waals surface area contributed by atoms with Crippen molar-refractivity contribution in [2.75, 3.05) is 11.1 Å². The van der Waals surface area contributed by atoms with Crippen LogP contribution in [0, 0.1) is 11.7 Å². The molecule has 1 fully saturated rings. The molecule has 0 bridgehead atoms. The normalized spacial score (nSPS) is 15.7. The number of alkyl halides is 3. The van der Waals surface area contributed by atoms with Gasteiger partial charge in [-0.1, -0.05) is 25.0 Å². The lowest BCUT2D eigenvalue weighted by molar-refractivity contribution is -0.112. The molecular weight excluding hydrogens is 562 g/mol. The second-order valence-corrected chi connectivity index (χ2v) is 10.5. The monoisotopic (exact) mass is 591 g/mol. The summed E-state index contributed by atoms with van der Waals surface area (Å²) in [7, 11) is 0. The Morgan fingerprint density at radius 3 is 2.47 bits per heavy atom. The molecule has 1 aliphatic carbocycles. The van der Waals surface area contributed by atoms with E-state index in [-0.39, 0.29) is 17.2 Å². The second kappa shape index (κ2) is 11.8. The van der Waals surface area contributed by atoms with Crippen LogP contribution in [0.4, 0.5) is 34.8 Å². The van der Waals surface area contributed by atoms with Crippen molar-refractivity contribution in [3.63, 3.8) is 0 Å². The number of nitrogens with zero attached hydrogens (tertiary/aromatic N) is 3. The van der Waals surface area contributed by atoms with Gasteiger partial charge >= 0.3 is 6.18 Å². The van der Waals surface area contributed by atoms with Crippen molar-refractivity contribution >= 4 is 39.6 Å². The van der Waals surface area contributed by atoms with Crippen LogP contribution in [0.25, 0.3) is 10.8 Å². The van der Waals surface area contributed by atoms with E-state index >= 15 is 0 Å². The van der Waals surface area contributed by atoms with E-state index in [0.29, 0.717) is 34.8 Å². The summed E-state index contributed by atoms with van der Waals surface area (Å²) in [6.07, 6.45) is 3.78. The lowest BCUT2D eigenvalue weighted by atomic mass is 9.79. The fraction of sp³-hybridized carbons (Fsp3) is 0.226. The topological polar surface area (TPSA) is 145 Å². The third-order valence-electron chi connectivity index (χ3n) is 7.44. The Balaban J connectivity index is 1.43. The van der Waals surface area contributed by atoms with Crippen LogP contribution >= 0.6 is 0 Å².